The summed E-state index contributed by atoms with van der Waals surface area (Å²) in [4.78, 5) is 0. The van der Waals surface area contributed by atoms with E-state index in [1.807, 2.05) is 17.9 Å². The smallest absolute Gasteiger partial charge is 0.0518 e. The summed E-state index contributed by atoms with van der Waals surface area (Å²) >= 11 is 0. The van der Waals surface area contributed by atoms with Crippen LogP contribution in [0.3, 0.4) is 0 Å². The van der Waals surface area contributed by atoms with Crippen molar-refractivity contribution in [1.82, 2.24) is 15.1 Å². The highest BCUT2D eigenvalue weighted by molar-refractivity contribution is 5.19. The van der Waals surface area contributed by atoms with E-state index >= 15 is 0 Å². The van der Waals surface area contributed by atoms with Crippen LogP contribution in [0.25, 0.3) is 0 Å². The fourth-order valence-electron chi connectivity index (χ4n) is 2.41. The first kappa shape index (κ1) is 14.8. The van der Waals surface area contributed by atoms with Crippen LogP contribution in [-0.2, 0) is 13.6 Å². The van der Waals surface area contributed by atoms with Crippen molar-refractivity contribution in [3.8, 4) is 0 Å². The molecule has 108 valence electrons. The van der Waals surface area contributed by atoms with Crippen LogP contribution < -0.4 is 5.32 Å². The number of aromatic nitrogens is 2. The Morgan fingerprint density at radius 1 is 1.15 bits per heavy atom. The molecule has 3 nitrogen and oxygen atoms in total. The Morgan fingerprint density at radius 3 is 2.40 bits per heavy atom. The van der Waals surface area contributed by atoms with Gasteiger partial charge in [0.2, 0.25) is 0 Å². The third kappa shape index (κ3) is 4.20. The van der Waals surface area contributed by atoms with Crippen molar-refractivity contribution in [1.29, 1.82) is 0 Å². The monoisotopic (exact) mass is 271 g/mol. The molecule has 1 N–H and O–H groups in total. The predicted octanol–water partition coefficient (Wildman–Crippen LogP) is 3.69. The number of nitrogens with zero attached hydrogens (tertiary/aromatic N) is 2. The third-order valence-corrected chi connectivity index (χ3v) is 3.47. The minimum absolute atomic E-state index is 0.292. The molecular weight excluding hydrogens is 246 g/mol. The van der Waals surface area contributed by atoms with E-state index in [0.29, 0.717) is 11.5 Å². The van der Waals surface area contributed by atoms with Gasteiger partial charge >= 0.3 is 0 Å². The number of benzene rings is 1. The summed E-state index contributed by atoms with van der Waals surface area (Å²) in [5.74, 6) is 0. The molecule has 0 amide bonds. The number of rotatable bonds is 5. The Labute approximate surface area is 122 Å². The fourth-order valence-corrected chi connectivity index (χ4v) is 2.41. The number of aryl methyl sites for hydroxylation is 1. The van der Waals surface area contributed by atoms with Crippen molar-refractivity contribution in [2.45, 2.75) is 39.8 Å². The number of nitrogens with one attached hydrogen (secondary N) is 1. The summed E-state index contributed by atoms with van der Waals surface area (Å²) in [6.45, 7) is 7.70. The highest BCUT2D eigenvalue weighted by atomic mass is 15.3. The van der Waals surface area contributed by atoms with Gasteiger partial charge in [-0.1, -0.05) is 51.1 Å². The largest absolute Gasteiger partial charge is 0.304 e. The maximum Gasteiger partial charge on any atom is 0.0518 e. The van der Waals surface area contributed by atoms with Gasteiger partial charge in [0.15, 0.2) is 0 Å². The topological polar surface area (TPSA) is 29.9 Å². The van der Waals surface area contributed by atoms with Crippen molar-refractivity contribution < 1.29 is 0 Å². The van der Waals surface area contributed by atoms with Crippen molar-refractivity contribution in [2.24, 2.45) is 12.5 Å². The maximum absolute atomic E-state index is 4.22. The van der Waals surface area contributed by atoms with Crippen LogP contribution in [0.4, 0.5) is 0 Å². The summed E-state index contributed by atoms with van der Waals surface area (Å²) in [6, 6.07) is 13.1. The van der Waals surface area contributed by atoms with Crippen LogP contribution in [0.2, 0.25) is 0 Å². The van der Waals surface area contributed by atoms with E-state index in [4.69, 9.17) is 0 Å². The van der Waals surface area contributed by atoms with Gasteiger partial charge in [0.25, 0.3) is 0 Å². The second kappa shape index (κ2) is 6.23. The SMILES string of the molecule is Cn1nccc1CNC(CC(C)(C)C)c1ccccc1. The summed E-state index contributed by atoms with van der Waals surface area (Å²) < 4.78 is 1.92. The van der Waals surface area contributed by atoms with E-state index in [2.05, 4.69) is 67.6 Å². The van der Waals surface area contributed by atoms with Gasteiger partial charge in [0.05, 0.1) is 5.69 Å². The molecule has 20 heavy (non-hydrogen) atoms. The van der Waals surface area contributed by atoms with Crippen LogP contribution in [0.1, 0.15) is 44.5 Å². The number of hydrogen-bond donors (Lipinski definition) is 1. The van der Waals surface area contributed by atoms with E-state index in [-0.39, 0.29) is 0 Å². The molecule has 0 radical (unpaired) electrons. The fraction of sp³-hybridized carbons (Fsp3) is 0.471. The van der Waals surface area contributed by atoms with Crippen LogP contribution in [-0.4, -0.2) is 9.78 Å². The van der Waals surface area contributed by atoms with Gasteiger partial charge in [-0.3, -0.25) is 4.68 Å². The summed E-state index contributed by atoms with van der Waals surface area (Å²) in [6.07, 6.45) is 2.95. The van der Waals surface area contributed by atoms with Gasteiger partial charge in [0, 0.05) is 25.8 Å². The molecule has 0 aliphatic rings. The lowest BCUT2D eigenvalue weighted by molar-refractivity contribution is 0.308. The standard InChI is InChI=1S/C17H25N3/c1-17(2,3)12-16(14-8-6-5-7-9-14)18-13-15-10-11-19-20(15)4/h5-11,16,18H,12-13H2,1-4H3. The molecule has 1 atom stereocenters. The van der Waals surface area contributed by atoms with Crippen molar-refractivity contribution in [2.75, 3.05) is 0 Å². The van der Waals surface area contributed by atoms with E-state index < -0.39 is 0 Å². The Hall–Kier alpha value is -1.61. The molecule has 2 rings (SSSR count). The van der Waals surface area contributed by atoms with E-state index in [1.165, 1.54) is 11.3 Å². The summed E-state index contributed by atoms with van der Waals surface area (Å²) in [7, 11) is 1.98. The van der Waals surface area contributed by atoms with E-state index in [9.17, 15) is 0 Å². The lowest BCUT2D eigenvalue weighted by Crippen LogP contribution is -2.26. The Kier molecular flexibility index (Phi) is 4.61. The van der Waals surface area contributed by atoms with E-state index in [0.717, 1.165) is 13.0 Å². The third-order valence-electron chi connectivity index (χ3n) is 3.47. The van der Waals surface area contributed by atoms with Gasteiger partial charge in [-0.15, -0.1) is 0 Å². The average Bonchev–Trinajstić information content (AvgIpc) is 2.80. The lowest BCUT2D eigenvalue weighted by atomic mass is 9.85. The zero-order valence-corrected chi connectivity index (χ0v) is 12.9. The first-order chi connectivity index (χ1) is 9.46. The second-order valence-corrected chi connectivity index (χ2v) is 6.56. The lowest BCUT2D eigenvalue weighted by Gasteiger charge is -2.27. The van der Waals surface area contributed by atoms with Crippen LogP contribution in [0.15, 0.2) is 42.6 Å². The molecule has 2 aromatic rings. The molecule has 0 fully saturated rings. The first-order valence-corrected chi connectivity index (χ1v) is 7.21. The average molecular weight is 271 g/mol. The molecule has 1 aromatic heterocycles. The molecule has 0 saturated heterocycles. The summed E-state index contributed by atoms with van der Waals surface area (Å²) in [5, 5.41) is 7.89. The van der Waals surface area contributed by atoms with Crippen LogP contribution >= 0.6 is 0 Å². The van der Waals surface area contributed by atoms with Crippen LogP contribution in [0, 0.1) is 5.41 Å². The Bertz CT molecular complexity index is 523. The predicted molar refractivity (Wildman–Crippen MR) is 83.3 cm³/mol. The van der Waals surface area contributed by atoms with E-state index in [1.54, 1.807) is 0 Å². The zero-order valence-electron chi connectivity index (χ0n) is 12.9. The Morgan fingerprint density at radius 2 is 1.85 bits per heavy atom. The highest BCUT2D eigenvalue weighted by Crippen LogP contribution is 2.29. The molecule has 3 heteroatoms. The van der Waals surface area contributed by atoms with Gasteiger partial charge in [-0.25, -0.2) is 0 Å². The first-order valence-electron chi connectivity index (χ1n) is 7.21. The van der Waals surface area contributed by atoms with Gasteiger partial charge < -0.3 is 5.32 Å². The normalized spacial score (nSPS) is 13.4. The van der Waals surface area contributed by atoms with Crippen molar-refractivity contribution in [3.63, 3.8) is 0 Å². The van der Waals surface area contributed by atoms with Gasteiger partial charge in [-0.05, 0) is 23.5 Å². The van der Waals surface area contributed by atoms with Gasteiger partial charge in [-0.2, -0.15) is 5.10 Å². The molecule has 0 spiro atoms. The Balaban J connectivity index is 2.09. The van der Waals surface area contributed by atoms with Crippen LogP contribution in [0.5, 0.6) is 0 Å². The molecule has 0 saturated carbocycles. The molecule has 1 heterocycles. The molecule has 1 unspecified atom stereocenters. The molecular formula is C17H25N3. The summed E-state index contributed by atoms with van der Waals surface area (Å²) in [5.41, 5.74) is 2.85. The van der Waals surface area contributed by atoms with Crippen molar-refractivity contribution in [3.05, 3.63) is 53.9 Å². The molecule has 1 aromatic carbocycles. The van der Waals surface area contributed by atoms with Crippen molar-refractivity contribution >= 4 is 0 Å². The number of hydrogen-bond acceptors (Lipinski definition) is 2. The highest BCUT2D eigenvalue weighted by Gasteiger charge is 2.20. The maximum atomic E-state index is 4.22. The quantitative estimate of drug-likeness (QED) is 0.899. The molecule has 0 aliphatic carbocycles. The second-order valence-electron chi connectivity index (χ2n) is 6.56. The minimum Gasteiger partial charge on any atom is -0.304 e. The molecule has 0 bridgehead atoms. The zero-order chi connectivity index (χ0) is 14.6. The molecule has 0 aliphatic heterocycles. The minimum atomic E-state index is 0.292. The van der Waals surface area contributed by atoms with Gasteiger partial charge in [0.1, 0.15) is 0 Å².